The lowest BCUT2D eigenvalue weighted by atomic mass is 10.1. The third-order valence-corrected chi connectivity index (χ3v) is 3.68. The number of rotatable bonds is 1. The first-order valence-electron chi connectivity index (χ1n) is 4.93. The molecule has 6 heteroatoms. The number of aromatic nitrogens is 1. The molecule has 0 spiro atoms. The van der Waals surface area contributed by atoms with Crippen molar-refractivity contribution in [3.63, 3.8) is 0 Å². The van der Waals surface area contributed by atoms with Crippen molar-refractivity contribution < 1.29 is 13.2 Å². The van der Waals surface area contributed by atoms with Gasteiger partial charge in [0.2, 0.25) is 0 Å². The van der Waals surface area contributed by atoms with Crippen molar-refractivity contribution in [3.05, 3.63) is 33.9 Å². The fourth-order valence-corrected chi connectivity index (χ4v) is 2.38. The quantitative estimate of drug-likeness (QED) is 0.856. The molecule has 2 rings (SSSR count). The Kier molecular flexibility index (Phi) is 2.95. The highest BCUT2D eigenvalue weighted by atomic mass is 79.9. The van der Waals surface area contributed by atoms with E-state index >= 15 is 0 Å². The minimum absolute atomic E-state index is 0.138. The van der Waals surface area contributed by atoms with Gasteiger partial charge in [-0.1, -0.05) is 6.07 Å². The molecule has 2 aromatic rings. The molecule has 92 valence electrons. The summed E-state index contributed by atoms with van der Waals surface area (Å²) >= 11 is 3.20. The molecule has 0 saturated heterocycles. The Balaban J connectivity index is 2.83. The van der Waals surface area contributed by atoms with Crippen molar-refractivity contribution in [1.82, 2.24) is 4.57 Å². The van der Waals surface area contributed by atoms with E-state index in [9.17, 15) is 13.2 Å². The highest BCUT2D eigenvalue weighted by Gasteiger charge is 2.34. The lowest BCUT2D eigenvalue weighted by molar-refractivity contribution is -0.201. The first-order valence-corrected chi connectivity index (χ1v) is 5.72. The largest absolute Gasteiger partial charge is 0.489 e. The van der Waals surface area contributed by atoms with E-state index in [1.54, 1.807) is 12.1 Å². The van der Waals surface area contributed by atoms with E-state index in [2.05, 4.69) is 15.9 Å². The summed E-state index contributed by atoms with van der Waals surface area (Å²) < 4.78 is 39.5. The van der Waals surface area contributed by atoms with Gasteiger partial charge in [0.1, 0.15) is 0 Å². The number of alkyl halides is 3. The van der Waals surface area contributed by atoms with Gasteiger partial charge in [-0.2, -0.15) is 0 Å². The average Bonchev–Trinajstić information content (AvgIpc) is 2.51. The summed E-state index contributed by atoms with van der Waals surface area (Å²) in [6, 6.07) is 4.73. The van der Waals surface area contributed by atoms with Crippen molar-refractivity contribution in [2.45, 2.75) is 19.8 Å². The SMILES string of the molecule is Cc1c(Br)c2cc(CN)ccc2n1C(F)(F)F. The monoisotopic (exact) mass is 306 g/mol. The molecule has 1 heterocycles. The van der Waals surface area contributed by atoms with Crippen LogP contribution in [0.5, 0.6) is 0 Å². The Labute approximate surface area is 104 Å². The van der Waals surface area contributed by atoms with Gasteiger partial charge in [0.25, 0.3) is 0 Å². The number of fused-ring (bicyclic) bond motifs is 1. The van der Waals surface area contributed by atoms with Gasteiger partial charge in [-0.15, -0.1) is 13.2 Å². The van der Waals surface area contributed by atoms with Crippen LogP contribution < -0.4 is 5.73 Å². The standard InChI is InChI=1S/C11H10BrF3N2/c1-6-10(12)8-4-7(5-16)2-3-9(8)17(6)11(13,14)15/h2-4H,5,16H2,1H3. The minimum Gasteiger partial charge on any atom is -0.326 e. The molecule has 0 aliphatic carbocycles. The van der Waals surface area contributed by atoms with E-state index in [4.69, 9.17) is 5.73 Å². The number of hydrogen-bond acceptors (Lipinski definition) is 1. The van der Waals surface area contributed by atoms with E-state index in [0.717, 1.165) is 5.56 Å². The molecule has 0 aliphatic heterocycles. The maximum atomic E-state index is 12.9. The van der Waals surface area contributed by atoms with Crippen LogP contribution in [0.2, 0.25) is 0 Å². The molecule has 0 atom stereocenters. The summed E-state index contributed by atoms with van der Waals surface area (Å²) in [5.41, 5.74) is 6.56. The van der Waals surface area contributed by atoms with Crippen LogP contribution in [-0.4, -0.2) is 4.57 Å². The van der Waals surface area contributed by atoms with Crippen LogP contribution >= 0.6 is 15.9 Å². The van der Waals surface area contributed by atoms with Gasteiger partial charge >= 0.3 is 6.30 Å². The highest BCUT2D eigenvalue weighted by Crippen LogP contribution is 2.37. The third kappa shape index (κ3) is 1.95. The molecular weight excluding hydrogens is 297 g/mol. The zero-order chi connectivity index (χ0) is 12.8. The zero-order valence-electron chi connectivity index (χ0n) is 8.98. The Morgan fingerprint density at radius 3 is 2.53 bits per heavy atom. The van der Waals surface area contributed by atoms with Gasteiger partial charge in [-0.3, -0.25) is 4.57 Å². The van der Waals surface area contributed by atoms with Crippen LogP contribution in [0.3, 0.4) is 0 Å². The average molecular weight is 307 g/mol. The highest BCUT2D eigenvalue weighted by molar-refractivity contribution is 9.10. The van der Waals surface area contributed by atoms with Crippen LogP contribution in [0, 0.1) is 6.92 Å². The predicted molar refractivity (Wildman–Crippen MR) is 63.6 cm³/mol. The first kappa shape index (κ1) is 12.4. The summed E-state index contributed by atoms with van der Waals surface area (Å²) in [6.45, 7) is 1.73. The van der Waals surface area contributed by atoms with E-state index in [1.165, 1.54) is 13.0 Å². The second kappa shape index (κ2) is 4.03. The van der Waals surface area contributed by atoms with Gasteiger partial charge in [-0.05, 0) is 40.5 Å². The summed E-state index contributed by atoms with van der Waals surface area (Å²) in [5, 5.41) is 0.530. The molecule has 1 aromatic carbocycles. The molecule has 2 N–H and O–H groups in total. The molecule has 2 nitrogen and oxygen atoms in total. The maximum absolute atomic E-state index is 12.9. The van der Waals surface area contributed by atoms with Crippen LogP contribution in [-0.2, 0) is 12.8 Å². The summed E-state index contributed by atoms with van der Waals surface area (Å²) in [6.07, 6.45) is -4.42. The van der Waals surface area contributed by atoms with E-state index < -0.39 is 6.30 Å². The van der Waals surface area contributed by atoms with Crippen molar-refractivity contribution in [2.24, 2.45) is 5.73 Å². The van der Waals surface area contributed by atoms with Crippen molar-refractivity contribution in [2.75, 3.05) is 0 Å². The lowest BCUT2D eigenvalue weighted by Gasteiger charge is -2.11. The minimum atomic E-state index is -4.42. The van der Waals surface area contributed by atoms with Crippen molar-refractivity contribution in [1.29, 1.82) is 0 Å². The Morgan fingerprint density at radius 2 is 2.00 bits per heavy atom. The van der Waals surface area contributed by atoms with Crippen LogP contribution in [0.15, 0.2) is 22.7 Å². The lowest BCUT2D eigenvalue weighted by Crippen LogP contribution is -2.17. The van der Waals surface area contributed by atoms with Crippen molar-refractivity contribution in [3.8, 4) is 0 Å². The third-order valence-electron chi connectivity index (χ3n) is 2.68. The predicted octanol–water partition coefficient (Wildman–Crippen LogP) is 3.65. The van der Waals surface area contributed by atoms with Crippen LogP contribution in [0.4, 0.5) is 13.2 Å². The molecule has 0 saturated carbocycles. The van der Waals surface area contributed by atoms with Gasteiger partial charge in [-0.25, -0.2) is 0 Å². The number of nitrogens with two attached hydrogens (primary N) is 1. The molecular formula is C11H10BrF3N2. The van der Waals surface area contributed by atoms with Crippen LogP contribution in [0.1, 0.15) is 11.3 Å². The summed E-state index contributed by atoms with van der Waals surface area (Å²) in [4.78, 5) is 0. The van der Waals surface area contributed by atoms with Gasteiger partial charge < -0.3 is 5.73 Å². The second-order valence-electron chi connectivity index (χ2n) is 3.76. The molecule has 17 heavy (non-hydrogen) atoms. The molecule has 0 fully saturated rings. The topological polar surface area (TPSA) is 30.9 Å². The first-order chi connectivity index (χ1) is 7.86. The second-order valence-corrected chi connectivity index (χ2v) is 4.55. The summed E-state index contributed by atoms with van der Waals surface area (Å²) in [5.74, 6) is 0. The number of nitrogens with zero attached hydrogens (tertiary/aromatic N) is 1. The van der Waals surface area contributed by atoms with Gasteiger partial charge in [0.05, 0.1) is 5.52 Å². The Hall–Kier alpha value is -1.01. The number of hydrogen-bond donors (Lipinski definition) is 1. The molecule has 0 unspecified atom stereocenters. The number of benzene rings is 1. The van der Waals surface area contributed by atoms with E-state index in [0.29, 0.717) is 21.0 Å². The van der Waals surface area contributed by atoms with Crippen molar-refractivity contribution >= 4 is 26.8 Å². The molecule has 0 bridgehead atoms. The Morgan fingerprint density at radius 1 is 1.35 bits per heavy atom. The van der Waals surface area contributed by atoms with E-state index in [-0.39, 0.29) is 11.2 Å². The Bertz CT molecular complexity index is 572. The van der Waals surface area contributed by atoms with Gasteiger partial charge in [0, 0.05) is 22.1 Å². The number of halogens is 4. The normalized spacial score (nSPS) is 12.4. The maximum Gasteiger partial charge on any atom is 0.489 e. The molecule has 0 aliphatic rings. The van der Waals surface area contributed by atoms with Gasteiger partial charge in [0.15, 0.2) is 0 Å². The molecule has 1 aromatic heterocycles. The van der Waals surface area contributed by atoms with Crippen LogP contribution in [0.25, 0.3) is 10.9 Å². The summed E-state index contributed by atoms with van der Waals surface area (Å²) in [7, 11) is 0. The fourth-order valence-electron chi connectivity index (χ4n) is 1.88. The molecule has 0 radical (unpaired) electrons. The zero-order valence-corrected chi connectivity index (χ0v) is 10.6. The fraction of sp³-hybridized carbons (Fsp3) is 0.273. The smallest absolute Gasteiger partial charge is 0.326 e. The van der Waals surface area contributed by atoms with E-state index in [1.807, 2.05) is 0 Å². The molecule has 0 amide bonds.